The Morgan fingerprint density at radius 2 is 2.00 bits per heavy atom. The smallest absolute Gasteiger partial charge is 0.449 e. The SMILES string of the molecule is CCCCC(CC)COOOC(=O)OC(=O)O. The average Bonchev–Trinajstić information content (AvgIpc) is 2.27. The van der Waals surface area contributed by atoms with Crippen LogP contribution in [0, 0.1) is 5.92 Å². The van der Waals surface area contributed by atoms with E-state index in [2.05, 4.69) is 26.5 Å². The van der Waals surface area contributed by atoms with Crippen molar-refractivity contribution in [2.24, 2.45) is 5.92 Å². The molecule has 0 saturated heterocycles. The van der Waals surface area contributed by atoms with Crippen LogP contribution < -0.4 is 0 Å². The first-order valence-electron chi connectivity index (χ1n) is 5.51. The van der Waals surface area contributed by atoms with Crippen molar-refractivity contribution in [3.63, 3.8) is 0 Å². The summed E-state index contributed by atoms with van der Waals surface area (Å²) in [4.78, 5) is 28.9. The summed E-state index contributed by atoms with van der Waals surface area (Å²) in [5.41, 5.74) is 0. The molecule has 100 valence electrons. The summed E-state index contributed by atoms with van der Waals surface area (Å²) in [6.45, 7) is 4.38. The minimum Gasteiger partial charge on any atom is -0.449 e. The zero-order valence-corrected chi connectivity index (χ0v) is 10.0. The summed E-state index contributed by atoms with van der Waals surface area (Å²) < 4.78 is 3.60. The molecule has 0 aromatic heterocycles. The molecule has 1 N–H and O–H groups in total. The van der Waals surface area contributed by atoms with Crippen LogP contribution in [0.15, 0.2) is 0 Å². The number of carbonyl (C=O) groups excluding carboxylic acids is 1. The summed E-state index contributed by atoms with van der Waals surface area (Å²) in [5.74, 6) is 0.314. The van der Waals surface area contributed by atoms with Gasteiger partial charge in [0.05, 0.1) is 6.61 Å². The van der Waals surface area contributed by atoms with Crippen molar-refractivity contribution in [2.75, 3.05) is 6.61 Å². The number of ether oxygens (including phenoxy) is 1. The first-order chi connectivity index (χ1) is 8.10. The highest BCUT2D eigenvalue weighted by molar-refractivity contribution is 5.75. The lowest BCUT2D eigenvalue weighted by atomic mass is 10.0. The predicted molar refractivity (Wildman–Crippen MR) is 55.9 cm³/mol. The minimum atomic E-state index is -1.77. The standard InChI is InChI=1S/C10H18O7/c1-3-5-6-8(4-2)7-14-17-16-10(13)15-9(11)12/h8H,3-7H2,1-2H3,(H,11,12). The maximum Gasteiger partial charge on any atom is 0.553 e. The van der Waals surface area contributed by atoms with E-state index in [4.69, 9.17) is 5.11 Å². The molecule has 0 bridgehead atoms. The maximum atomic E-state index is 10.5. The first-order valence-corrected chi connectivity index (χ1v) is 5.51. The van der Waals surface area contributed by atoms with Crippen molar-refractivity contribution in [1.82, 2.24) is 0 Å². The molecule has 0 amide bonds. The summed E-state index contributed by atoms with van der Waals surface area (Å²) in [7, 11) is 0. The van der Waals surface area contributed by atoms with Crippen LogP contribution in [-0.4, -0.2) is 24.0 Å². The Morgan fingerprint density at radius 3 is 2.53 bits per heavy atom. The topological polar surface area (TPSA) is 91.3 Å². The lowest BCUT2D eigenvalue weighted by Crippen LogP contribution is -2.15. The van der Waals surface area contributed by atoms with Crippen LogP contribution in [0.3, 0.4) is 0 Å². The van der Waals surface area contributed by atoms with Gasteiger partial charge in [0.25, 0.3) is 0 Å². The number of rotatable bonds is 8. The van der Waals surface area contributed by atoms with Crippen molar-refractivity contribution in [2.45, 2.75) is 39.5 Å². The second kappa shape index (κ2) is 9.86. The van der Waals surface area contributed by atoms with E-state index in [0.717, 1.165) is 25.7 Å². The van der Waals surface area contributed by atoms with Gasteiger partial charge in [0, 0.05) is 0 Å². The molecule has 0 aromatic carbocycles. The molecule has 1 unspecified atom stereocenters. The van der Waals surface area contributed by atoms with E-state index in [0.29, 0.717) is 5.92 Å². The number of hydrogen-bond acceptors (Lipinski definition) is 6. The highest BCUT2D eigenvalue weighted by Crippen LogP contribution is 2.12. The Labute approximate surface area is 99.5 Å². The van der Waals surface area contributed by atoms with Gasteiger partial charge >= 0.3 is 12.3 Å². The monoisotopic (exact) mass is 250 g/mol. The van der Waals surface area contributed by atoms with Gasteiger partial charge in [-0.15, -0.1) is 0 Å². The second-order valence-electron chi connectivity index (χ2n) is 3.47. The van der Waals surface area contributed by atoms with Crippen LogP contribution in [0.4, 0.5) is 9.59 Å². The Hall–Kier alpha value is -1.34. The van der Waals surface area contributed by atoms with Gasteiger partial charge < -0.3 is 9.84 Å². The van der Waals surface area contributed by atoms with Crippen LogP contribution in [0.5, 0.6) is 0 Å². The fraction of sp³-hybridized carbons (Fsp3) is 0.800. The lowest BCUT2D eigenvalue weighted by molar-refractivity contribution is -0.488. The molecule has 0 saturated carbocycles. The molecule has 7 nitrogen and oxygen atoms in total. The van der Waals surface area contributed by atoms with Gasteiger partial charge in [0.15, 0.2) is 0 Å². The van der Waals surface area contributed by atoms with Crippen molar-refractivity contribution >= 4 is 12.3 Å². The Kier molecular flexibility index (Phi) is 9.08. The van der Waals surface area contributed by atoms with Crippen LogP contribution in [0.1, 0.15) is 39.5 Å². The van der Waals surface area contributed by atoms with Gasteiger partial charge in [-0.3, -0.25) is 0 Å². The van der Waals surface area contributed by atoms with E-state index in [1.807, 2.05) is 6.92 Å². The predicted octanol–water partition coefficient (Wildman–Crippen LogP) is 2.90. The van der Waals surface area contributed by atoms with Crippen molar-refractivity contribution in [3.8, 4) is 0 Å². The van der Waals surface area contributed by atoms with E-state index in [-0.39, 0.29) is 6.61 Å². The van der Waals surface area contributed by atoms with E-state index < -0.39 is 12.3 Å². The zero-order chi connectivity index (χ0) is 13.1. The molecule has 0 aliphatic rings. The van der Waals surface area contributed by atoms with E-state index >= 15 is 0 Å². The van der Waals surface area contributed by atoms with Gasteiger partial charge in [0.2, 0.25) is 0 Å². The largest absolute Gasteiger partial charge is 0.553 e. The molecule has 7 heteroatoms. The normalized spacial score (nSPS) is 11.9. The molecule has 0 aliphatic carbocycles. The highest BCUT2D eigenvalue weighted by Gasteiger charge is 2.12. The molecule has 0 radical (unpaired) electrons. The van der Waals surface area contributed by atoms with Gasteiger partial charge in [-0.25, -0.2) is 9.68 Å². The summed E-state index contributed by atoms with van der Waals surface area (Å²) in [5, 5.41) is 12.1. The van der Waals surface area contributed by atoms with Gasteiger partial charge in [-0.2, -0.15) is 9.68 Å². The summed E-state index contributed by atoms with van der Waals surface area (Å²) >= 11 is 0. The quantitative estimate of drug-likeness (QED) is 0.233. The lowest BCUT2D eigenvalue weighted by Gasteiger charge is -2.12. The highest BCUT2D eigenvalue weighted by atomic mass is 17.5. The van der Waals surface area contributed by atoms with Crippen LogP contribution in [-0.2, 0) is 19.6 Å². The second-order valence-corrected chi connectivity index (χ2v) is 3.47. The number of carbonyl (C=O) groups is 2. The number of unbranched alkanes of at least 4 members (excludes halogenated alkanes) is 1. The molecule has 0 aromatic rings. The molecular weight excluding hydrogens is 232 g/mol. The van der Waals surface area contributed by atoms with Crippen molar-refractivity contribution in [3.05, 3.63) is 0 Å². The molecular formula is C10H18O7. The Bertz CT molecular complexity index is 229. The fourth-order valence-corrected chi connectivity index (χ4v) is 1.16. The Balaban J connectivity index is 3.54. The van der Waals surface area contributed by atoms with E-state index in [1.54, 1.807) is 0 Å². The minimum absolute atomic E-state index is 0.275. The summed E-state index contributed by atoms with van der Waals surface area (Å²) in [6, 6.07) is 0. The Morgan fingerprint density at radius 1 is 1.29 bits per heavy atom. The van der Waals surface area contributed by atoms with Gasteiger partial charge in [0.1, 0.15) is 0 Å². The molecule has 0 fully saturated rings. The van der Waals surface area contributed by atoms with E-state index in [9.17, 15) is 9.59 Å². The van der Waals surface area contributed by atoms with Crippen LogP contribution >= 0.6 is 0 Å². The average molecular weight is 250 g/mol. The van der Waals surface area contributed by atoms with Crippen LogP contribution in [0.2, 0.25) is 0 Å². The molecule has 1 atom stereocenters. The van der Waals surface area contributed by atoms with E-state index in [1.165, 1.54) is 0 Å². The maximum absolute atomic E-state index is 10.5. The van der Waals surface area contributed by atoms with Crippen molar-refractivity contribution in [1.29, 1.82) is 0 Å². The zero-order valence-electron chi connectivity index (χ0n) is 10.0. The number of hydrogen-bond donors (Lipinski definition) is 1. The van der Waals surface area contributed by atoms with Gasteiger partial charge in [-0.05, 0) is 17.4 Å². The third-order valence-electron chi connectivity index (χ3n) is 2.17. The number of carboxylic acid groups (broad SMARTS) is 1. The third kappa shape index (κ3) is 9.58. The molecule has 17 heavy (non-hydrogen) atoms. The molecule has 0 spiro atoms. The fourth-order valence-electron chi connectivity index (χ4n) is 1.16. The van der Waals surface area contributed by atoms with Crippen molar-refractivity contribution < 1.29 is 34.2 Å². The molecule has 0 rings (SSSR count). The van der Waals surface area contributed by atoms with Crippen LogP contribution in [0.25, 0.3) is 0 Å². The molecule has 0 heterocycles. The first kappa shape index (κ1) is 15.7. The van der Waals surface area contributed by atoms with Gasteiger partial charge in [-0.1, -0.05) is 33.1 Å². The summed E-state index contributed by atoms with van der Waals surface area (Å²) in [6.07, 6.45) is 0.841. The third-order valence-corrected chi connectivity index (χ3v) is 2.17. The molecule has 0 aliphatic heterocycles.